The van der Waals surface area contributed by atoms with Crippen LogP contribution in [0.1, 0.15) is 24.8 Å². The maximum absolute atomic E-state index is 12.8. The zero-order valence-electron chi connectivity index (χ0n) is 21.6. The number of carbonyl (C=O) groups is 2. The third kappa shape index (κ3) is 5.66. The highest BCUT2D eigenvalue weighted by molar-refractivity contribution is 8.18. The van der Waals surface area contributed by atoms with Crippen LogP contribution in [0.2, 0.25) is 5.02 Å². The molecule has 2 amide bonds. The summed E-state index contributed by atoms with van der Waals surface area (Å²) < 4.78 is 0. The van der Waals surface area contributed by atoms with Crippen molar-refractivity contribution in [1.29, 1.82) is 0 Å². The van der Waals surface area contributed by atoms with Gasteiger partial charge in [0, 0.05) is 55.1 Å². The van der Waals surface area contributed by atoms with Crippen molar-refractivity contribution in [3.05, 3.63) is 64.2 Å². The van der Waals surface area contributed by atoms with Crippen molar-refractivity contribution in [1.82, 2.24) is 15.2 Å². The average Bonchev–Trinajstić information content (AvgIpc) is 3.23. The van der Waals surface area contributed by atoms with Crippen molar-refractivity contribution in [2.24, 2.45) is 10.9 Å². The molecule has 3 aliphatic rings. The first kappa shape index (κ1) is 25.9. The number of anilines is 2. The number of nitrogens with one attached hydrogen (secondary N) is 2. The molecule has 0 unspecified atom stereocenters. The van der Waals surface area contributed by atoms with E-state index in [1.807, 2.05) is 24.4 Å². The Bertz CT molecular complexity index is 1510. The lowest BCUT2D eigenvalue weighted by Crippen LogP contribution is -2.44. The number of fused-ring (bicyclic) bond motifs is 1. The Morgan fingerprint density at radius 3 is 2.74 bits per heavy atom. The van der Waals surface area contributed by atoms with E-state index in [1.54, 1.807) is 18.2 Å². The predicted molar refractivity (Wildman–Crippen MR) is 160 cm³/mol. The van der Waals surface area contributed by atoms with Crippen molar-refractivity contribution in [2.75, 3.05) is 43.4 Å². The van der Waals surface area contributed by atoms with Crippen molar-refractivity contribution >= 4 is 74.4 Å². The first-order valence-electron chi connectivity index (χ1n) is 13.2. The summed E-state index contributed by atoms with van der Waals surface area (Å²) in [5, 5.41) is 7.73. The molecule has 0 spiro atoms. The van der Waals surface area contributed by atoms with E-state index >= 15 is 0 Å². The Balaban J connectivity index is 1.22. The number of carbonyl (C=O) groups excluding carboxylic acids is 2. The van der Waals surface area contributed by atoms with Gasteiger partial charge in [-0.25, -0.2) is 4.99 Å². The van der Waals surface area contributed by atoms with E-state index < -0.39 is 0 Å². The van der Waals surface area contributed by atoms with Crippen LogP contribution in [-0.4, -0.2) is 60.1 Å². The number of rotatable bonds is 5. The molecular formula is C29H29ClN6O2S. The van der Waals surface area contributed by atoms with Crippen LogP contribution >= 0.6 is 23.4 Å². The number of amides is 2. The second-order valence-corrected chi connectivity index (χ2v) is 11.6. The fourth-order valence-electron chi connectivity index (χ4n) is 4.89. The molecule has 0 atom stereocenters. The van der Waals surface area contributed by atoms with Crippen molar-refractivity contribution in [3.63, 3.8) is 0 Å². The minimum atomic E-state index is -0.213. The molecule has 39 heavy (non-hydrogen) atoms. The second kappa shape index (κ2) is 11.0. The number of hydrogen-bond acceptors (Lipinski definition) is 7. The highest BCUT2D eigenvalue weighted by Crippen LogP contribution is 2.35. The van der Waals surface area contributed by atoms with Crippen molar-refractivity contribution in [3.8, 4) is 0 Å². The van der Waals surface area contributed by atoms with Crippen molar-refractivity contribution in [2.45, 2.75) is 19.3 Å². The molecule has 2 aromatic carbocycles. The van der Waals surface area contributed by atoms with Gasteiger partial charge < -0.3 is 20.4 Å². The molecule has 10 heteroatoms. The number of aliphatic imine (C=N–C) groups is 1. The molecule has 3 heterocycles. The molecule has 8 nitrogen and oxygen atoms in total. The van der Waals surface area contributed by atoms with Crippen LogP contribution in [0.4, 0.5) is 17.1 Å². The summed E-state index contributed by atoms with van der Waals surface area (Å²) in [7, 11) is 2.15. The average molecular weight is 561 g/mol. The quantitative estimate of drug-likeness (QED) is 0.413. The first-order chi connectivity index (χ1) is 18.9. The third-order valence-electron chi connectivity index (χ3n) is 7.45. The summed E-state index contributed by atoms with van der Waals surface area (Å²) in [5.74, 6) is -0.108. The smallest absolute Gasteiger partial charge is 0.264 e. The molecule has 6 rings (SSSR count). The summed E-state index contributed by atoms with van der Waals surface area (Å²) in [6.07, 6.45) is 6.68. The Labute approximate surface area is 236 Å². The predicted octanol–water partition coefficient (Wildman–Crippen LogP) is 5.27. The highest BCUT2D eigenvalue weighted by Gasteiger charge is 2.26. The maximum atomic E-state index is 12.8. The van der Waals surface area contributed by atoms with E-state index in [0.29, 0.717) is 26.5 Å². The van der Waals surface area contributed by atoms with Crippen molar-refractivity contribution < 1.29 is 9.59 Å². The SMILES string of the molecule is CN1CCN(c2ccnc3ccc(/C=C4/SC(=Nc5cc(NC(=O)C6CCC6)ccc5Cl)NC4=O)cc23)CC1. The fraction of sp³-hybridized carbons (Fsp3) is 0.310. The molecule has 0 bridgehead atoms. The second-order valence-electron chi connectivity index (χ2n) is 10.2. The maximum Gasteiger partial charge on any atom is 0.264 e. The van der Waals surface area contributed by atoms with Gasteiger partial charge in [-0.05, 0) is 79.7 Å². The minimum Gasteiger partial charge on any atom is -0.368 e. The van der Waals surface area contributed by atoms with E-state index in [1.165, 1.54) is 11.8 Å². The molecule has 2 aliphatic heterocycles. The van der Waals surface area contributed by atoms with E-state index in [4.69, 9.17) is 11.6 Å². The van der Waals surface area contributed by atoms with Crippen LogP contribution < -0.4 is 15.5 Å². The number of nitrogens with zero attached hydrogens (tertiary/aromatic N) is 4. The first-order valence-corrected chi connectivity index (χ1v) is 14.3. The number of aromatic nitrogens is 1. The Morgan fingerprint density at radius 2 is 1.97 bits per heavy atom. The van der Waals surface area contributed by atoms with Crippen LogP contribution in [0.25, 0.3) is 17.0 Å². The topological polar surface area (TPSA) is 89.9 Å². The lowest BCUT2D eigenvalue weighted by Gasteiger charge is -2.34. The van der Waals surface area contributed by atoms with Gasteiger partial charge in [0.2, 0.25) is 5.91 Å². The van der Waals surface area contributed by atoms with Crippen LogP contribution in [-0.2, 0) is 9.59 Å². The lowest BCUT2D eigenvalue weighted by molar-refractivity contribution is -0.122. The molecule has 0 radical (unpaired) electrons. The minimum absolute atomic E-state index is 0.0253. The van der Waals surface area contributed by atoms with Gasteiger partial charge in [0.05, 0.1) is 21.1 Å². The van der Waals surface area contributed by atoms with Gasteiger partial charge in [-0.15, -0.1) is 0 Å². The van der Waals surface area contributed by atoms with Gasteiger partial charge in [0.15, 0.2) is 5.17 Å². The summed E-state index contributed by atoms with van der Waals surface area (Å²) in [6.45, 7) is 3.97. The van der Waals surface area contributed by atoms with Crippen LogP contribution in [0.5, 0.6) is 0 Å². The van der Waals surface area contributed by atoms with Gasteiger partial charge in [0.25, 0.3) is 5.91 Å². The number of thioether (sulfide) groups is 1. The Hall–Kier alpha value is -3.40. The standard InChI is InChI=1S/C29H29ClN6O2S/c1-35-11-13-36(14-12-35)25-9-10-31-23-8-5-18(15-21(23)25)16-26-28(38)34-29(39-26)33-24-17-20(6-7-22(24)30)32-27(37)19-3-2-4-19/h5-10,15-17,19H,2-4,11-14H2,1H3,(H,32,37)(H,33,34,38)/b26-16+. The highest BCUT2D eigenvalue weighted by atomic mass is 35.5. The van der Waals surface area contributed by atoms with Crippen LogP contribution in [0, 0.1) is 5.92 Å². The Kier molecular flexibility index (Phi) is 7.29. The number of halogens is 1. The van der Waals surface area contributed by atoms with E-state index in [2.05, 4.69) is 49.6 Å². The van der Waals surface area contributed by atoms with Gasteiger partial charge in [-0.2, -0.15) is 0 Å². The van der Waals surface area contributed by atoms with E-state index in [0.717, 1.165) is 67.6 Å². The van der Waals surface area contributed by atoms with Crippen LogP contribution in [0.3, 0.4) is 0 Å². The number of piperazine rings is 1. The molecule has 3 fully saturated rings. The molecule has 2 saturated heterocycles. The normalized spacial score (nSPS) is 20.5. The molecule has 3 aromatic rings. The molecule has 1 saturated carbocycles. The number of likely N-dealkylation sites (N-methyl/N-ethyl adjacent to an activating group) is 1. The van der Waals surface area contributed by atoms with Gasteiger partial charge in [0.1, 0.15) is 0 Å². The fourth-order valence-corrected chi connectivity index (χ4v) is 5.89. The summed E-state index contributed by atoms with van der Waals surface area (Å²) in [5.41, 5.74) is 4.14. The number of benzene rings is 2. The lowest BCUT2D eigenvalue weighted by atomic mass is 9.85. The molecule has 1 aromatic heterocycles. The van der Waals surface area contributed by atoms with E-state index in [-0.39, 0.29) is 17.7 Å². The van der Waals surface area contributed by atoms with Gasteiger partial charge in [-0.3, -0.25) is 14.6 Å². The number of pyridine rings is 1. The van der Waals surface area contributed by atoms with Gasteiger partial charge >= 0.3 is 0 Å². The van der Waals surface area contributed by atoms with E-state index in [9.17, 15) is 9.59 Å². The summed E-state index contributed by atoms with van der Waals surface area (Å²) in [6, 6.07) is 13.3. The third-order valence-corrected chi connectivity index (χ3v) is 8.68. The largest absolute Gasteiger partial charge is 0.368 e. The molecule has 1 aliphatic carbocycles. The van der Waals surface area contributed by atoms with Crippen LogP contribution in [0.15, 0.2) is 58.6 Å². The van der Waals surface area contributed by atoms with Gasteiger partial charge in [-0.1, -0.05) is 24.1 Å². The summed E-state index contributed by atoms with van der Waals surface area (Å²) >= 11 is 7.65. The molecule has 2 N–H and O–H groups in total. The zero-order chi connectivity index (χ0) is 26.9. The zero-order valence-corrected chi connectivity index (χ0v) is 23.2. The Morgan fingerprint density at radius 1 is 1.15 bits per heavy atom. The number of amidine groups is 1. The summed E-state index contributed by atoms with van der Waals surface area (Å²) in [4.78, 5) is 39.6. The monoisotopic (exact) mass is 560 g/mol. The molecular weight excluding hydrogens is 532 g/mol. The number of hydrogen-bond donors (Lipinski definition) is 2. The molecule has 200 valence electrons.